The lowest BCUT2D eigenvalue weighted by atomic mass is 9.94. The standard InChI is InChI=1S/C19H17F4NO2S/c1-11-5-6-12(9-16(11)19(21,22)23)14-3-2-4-15(14)13-7-8-18(17(20)10-13)27(24,25)26/h5-10H,2-4H2,1H3,(H2,24,25,26). The summed E-state index contributed by atoms with van der Waals surface area (Å²) in [6.07, 6.45) is -2.60. The molecule has 0 saturated carbocycles. The minimum atomic E-state index is -4.46. The van der Waals surface area contributed by atoms with Gasteiger partial charge in [0.05, 0.1) is 5.56 Å². The summed E-state index contributed by atoms with van der Waals surface area (Å²) in [4.78, 5) is -0.610. The Bertz CT molecular complexity index is 1040. The van der Waals surface area contributed by atoms with Crippen LogP contribution in [0.15, 0.2) is 41.3 Å². The van der Waals surface area contributed by atoms with Crippen molar-refractivity contribution in [3.05, 3.63) is 64.5 Å². The van der Waals surface area contributed by atoms with Gasteiger partial charge in [-0.2, -0.15) is 13.2 Å². The van der Waals surface area contributed by atoms with Gasteiger partial charge in [-0.25, -0.2) is 17.9 Å². The number of benzene rings is 2. The van der Waals surface area contributed by atoms with E-state index in [0.717, 1.165) is 24.6 Å². The maximum atomic E-state index is 14.2. The van der Waals surface area contributed by atoms with Gasteiger partial charge in [-0.1, -0.05) is 18.2 Å². The van der Waals surface area contributed by atoms with E-state index in [2.05, 4.69) is 0 Å². The minimum absolute atomic E-state index is 0.134. The van der Waals surface area contributed by atoms with Crippen LogP contribution in [0, 0.1) is 12.7 Å². The first kappa shape index (κ1) is 19.6. The van der Waals surface area contributed by atoms with Crippen molar-refractivity contribution in [1.82, 2.24) is 0 Å². The lowest BCUT2D eigenvalue weighted by Gasteiger charge is -2.14. The Labute approximate surface area is 154 Å². The van der Waals surface area contributed by atoms with Crippen molar-refractivity contribution in [1.29, 1.82) is 0 Å². The van der Waals surface area contributed by atoms with E-state index in [0.29, 0.717) is 35.1 Å². The second-order valence-corrected chi connectivity index (χ2v) is 8.06. The number of hydrogen-bond acceptors (Lipinski definition) is 2. The van der Waals surface area contributed by atoms with Crippen molar-refractivity contribution in [3.63, 3.8) is 0 Å². The molecule has 0 spiro atoms. The third-order valence-corrected chi connectivity index (χ3v) is 5.64. The van der Waals surface area contributed by atoms with Crippen LogP contribution in [0.5, 0.6) is 0 Å². The van der Waals surface area contributed by atoms with E-state index < -0.39 is 32.5 Å². The molecule has 2 N–H and O–H groups in total. The molecule has 0 atom stereocenters. The monoisotopic (exact) mass is 399 g/mol. The summed E-state index contributed by atoms with van der Waals surface area (Å²) < 4.78 is 76.5. The van der Waals surface area contributed by atoms with E-state index in [1.54, 1.807) is 6.07 Å². The number of aryl methyl sites for hydroxylation is 1. The highest BCUT2D eigenvalue weighted by Crippen LogP contribution is 2.42. The van der Waals surface area contributed by atoms with Crippen LogP contribution in [0.1, 0.15) is 41.5 Å². The molecule has 3 rings (SSSR count). The van der Waals surface area contributed by atoms with Crippen molar-refractivity contribution in [2.75, 3.05) is 0 Å². The molecule has 8 heteroatoms. The van der Waals surface area contributed by atoms with Gasteiger partial charge >= 0.3 is 6.18 Å². The molecular formula is C19H17F4NO2S. The Morgan fingerprint density at radius 1 is 0.963 bits per heavy atom. The molecule has 144 valence electrons. The van der Waals surface area contributed by atoms with Gasteiger partial charge in [0.25, 0.3) is 0 Å². The molecule has 27 heavy (non-hydrogen) atoms. The first-order valence-electron chi connectivity index (χ1n) is 8.21. The van der Waals surface area contributed by atoms with Crippen molar-refractivity contribution in [2.45, 2.75) is 37.3 Å². The summed E-state index contributed by atoms with van der Waals surface area (Å²) in [6, 6.07) is 7.75. The summed E-state index contributed by atoms with van der Waals surface area (Å²) in [5, 5.41) is 4.96. The van der Waals surface area contributed by atoms with Crippen LogP contribution in [-0.2, 0) is 16.2 Å². The summed E-state index contributed by atoms with van der Waals surface area (Å²) in [5.74, 6) is -0.978. The molecule has 0 heterocycles. The highest BCUT2D eigenvalue weighted by Gasteiger charge is 2.33. The molecule has 0 unspecified atom stereocenters. The third-order valence-electron chi connectivity index (χ3n) is 4.70. The highest BCUT2D eigenvalue weighted by molar-refractivity contribution is 7.89. The van der Waals surface area contributed by atoms with Crippen LogP contribution in [0.25, 0.3) is 11.1 Å². The van der Waals surface area contributed by atoms with Gasteiger partial charge in [-0.05, 0) is 72.2 Å². The maximum absolute atomic E-state index is 14.2. The predicted octanol–water partition coefficient (Wildman–Crippen LogP) is 4.90. The second kappa shape index (κ2) is 6.76. The van der Waals surface area contributed by atoms with Gasteiger partial charge in [-0.3, -0.25) is 0 Å². The van der Waals surface area contributed by atoms with Crippen molar-refractivity contribution in [2.24, 2.45) is 5.14 Å². The Kier molecular flexibility index (Phi) is 4.90. The number of allylic oxidation sites excluding steroid dienone is 2. The largest absolute Gasteiger partial charge is 0.416 e. The fourth-order valence-electron chi connectivity index (χ4n) is 3.42. The van der Waals surface area contributed by atoms with Crippen LogP contribution in [-0.4, -0.2) is 8.42 Å². The van der Waals surface area contributed by atoms with Gasteiger partial charge in [0.15, 0.2) is 0 Å². The van der Waals surface area contributed by atoms with E-state index in [-0.39, 0.29) is 5.56 Å². The van der Waals surface area contributed by atoms with Crippen molar-refractivity contribution in [3.8, 4) is 0 Å². The van der Waals surface area contributed by atoms with Crippen LogP contribution in [0.2, 0.25) is 0 Å². The molecule has 0 aliphatic heterocycles. The number of rotatable bonds is 3. The summed E-state index contributed by atoms with van der Waals surface area (Å²) >= 11 is 0. The zero-order valence-electron chi connectivity index (χ0n) is 14.4. The number of primary sulfonamides is 1. The van der Waals surface area contributed by atoms with E-state index >= 15 is 0 Å². The first-order chi connectivity index (χ1) is 12.5. The van der Waals surface area contributed by atoms with Crippen molar-refractivity contribution < 1.29 is 26.0 Å². The van der Waals surface area contributed by atoms with E-state index in [1.807, 2.05) is 0 Å². The highest BCUT2D eigenvalue weighted by atomic mass is 32.2. The smallest absolute Gasteiger partial charge is 0.225 e. The summed E-state index contributed by atoms with van der Waals surface area (Å²) in [5.41, 5.74) is 1.75. The zero-order valence-corrected chi connectivity index (χ0v) is 15.2. The molecule has 0 radical (unpaired) electrons. The molecular weight excluding hydrogens is 382 g/mol. The van der Waals surface area contributed by atoms with Gasteiger partial charge in [0.1, 0.15) is 10.7 Å². The minimum Gasteiger partial charge on any atom is -0.225 e. The Hall–Kier alpha value is -2.19. The fraction of sp³-hybridized carbons (Fsp3) is 0.263. The van der Waals surface area contributed by atoms with Crippen LogP contribution < -0.4 is 5.14 Å². The normalized spacial score (nSPS) is 15.5. The van der Waals surface area contributed by atoms with Crippen LogP contribution in [0.3, 0.4) is 0 Å². The van der Waals surface area contributed by atoms with Gasteiger partial charge in [0.2, 0.25) is 10.0 Å². The molecule has 2 aromatic carbocycles. The molecule has 1 aliphatic rings. The molecule has 0 aromatic heterocycles. The predicted molar refractivity (Wildman–Crippen MR) is 94.6 cm³/mol. The molecule has 0 bridgehead atoms. The van der Waals surface area contributed by atoms with E-state index in [9.17, 15) is 26.0 Å². The Morgan fingerprint density at radius 2 is 1.52 bits per heavy atom. The molecule has 1 aliphatic carbocycles. The van der Waals surface area contributed by atoms with E-state index in [1.165, 1.54) is 19.1 Å². The molecule has 0 fully saturated rings. The fourth-order valence-corrected chi connectivity index (χ4v) is 4.00. The van der Waals surface area contributed by atoms with Crippen molar-refractivity contribution >= 4 is 21.2 Å². The Balaban J connectivity index is 2.11. The number of alkyl halides is 3. The number of nitrogens with two attached hydrogens (primary N) is 1. The van der Waals surface area contributed by atoms with Gasteiger partial charge in [0, 0.05) is 0 Å². The average molecular weight is 399 g/mol. The molecule has 0 saturated heterocycles. The number of hydrogen-bond donors (Lipinski definition) is 1. The third kappa shape index (κ3) is 3.91. The molecule has 3 nitrogen and oxygen atoms in total. The quantitative estimate of drug-likeness (QED) is 0.747. The molecule has 0 amide bonds. The van der Waals surface area contributed by atoms with Crippen LogP contribution >= 0.6 is 0 Å². The maximum Gasteiger partial charge on any atom is 0.416 e. The average Bonchev–Trinajstić information content (AvgIpc) is 3.02. The lowest BCUT2D eigenvalue weighted by Crippen LogP contribution is -2.14. The van der Waals surface area contributed by atoms with Gasteiger partial charge in [-0.15, -0.1) is 0 Å². The zero-order chi connectivity index (χ0) is 20.0. The topological polar surface area (TPSA) is 60.2 Å². The van der Waals surface area contributed by atoms with Crippen LogP contribution in [0.4, 0.5) is 17.6 Å². The molecule has 2 aromatic rings. The SMILES string of the molecule is Cc1ccc(C2=C(c3ccc(S(N)(=O)=O)c(F)c3)CCC2)cc1C(F)(F)F. The first-order valence-corrected chi connectivity index (χ1v) is 9.76. The lowest BCUT2D eigenvalue weighted by molar-refractivity contribution is -0.138. The second-order valence-electron chi connectivity index (χ2n) is 6.53. The number of sulfonamides is 1. The van der Waals surface area contributed by atoms with E-state index in [4.69, 9.17) is 5.14 Å². The summed E-state index contributed by atoms with van der Waals surface area (Å²) in [7, 11) is -4.18. The summed E-state index contributed by atoms with van der Waals surface area (Å²) in [6.45, 7) is 1.40. The number of halogens is 4. The van der Waals surface area contributed by atoms with Gasteiger partial charge < -0.3 is 0 Å². The Morgan fingerprint density at radius 3 is 2.04 bits per heavy atom.